The van der Waals surface area contributed by atoms with Crippen LogP contribution in [0.5, 0.6) is 5.75 Å². The van der Waals surface area contributed by atoms with Gasteiger partial charge in [0, 0.05) is 18.7 Å². The number of nitrogens with one attached hydrogen (secondary N) is 2. The van der Waals surface area contributed by atoms with Gasteiger partial charge in [0.05, 0.1) is 26.4 Å². The molecule has 0 bridgehead atoms. The van der Waals surface area contributed by atoms with Crippen molar-refractivity contribution in [1.29, 1.82) is 0 Å². The van der Waals surface area contributed by atoms with E-state index in [1.165, 1.54) is 24.0 Å². The molecule has 1 fully saturated rings. The van der Waals surface area contributed by atoms with Crippen molar-refractivity contribution in [2.45, 2.75) is 46.1 Å². The zero-order valence-corrected chi connectivity index (χ0v) is 19.5. The highest BCUT2D eigenvalue weighted by Gasteiger charge is 2.22. The molecule has 2 N–H and O–H groups in total. The average molecular weight is 499 g/mol. The van der Waals surface area contributed by atoms with Gasteiger partial charge >= 0.3 is 0 Å². The molecular formula is C22H34IN3O2. The molecule has 1 aromatic rings. The van der Waals surface area contributed by atoms with Crippen LogP contribution in [0.25, 0.3) is 0 Å². The quantitative estimate of drug-likeness (QED) is 0.232. The Morgan fingerprint density at radius 1 is 1.29 bits per heavy atom. The van der Waals surface area contributed by atoms with Gasteiger partial charge in [0.1, 0.15) is 5.75 Å². The molecule has 1 aliphatic heterocycles. The van der Waals surface area contributed by atoms with Crippen LogP contribution < -0.4 is 15.4 Å². The fourth-order valence-corrected chi connectivity index (χ4v) is 3.06. The maximum absolute atomic E-state index is 6.07. The fraction of sp³-hybridized carbons (Fsp3) is 0.591. The highest BCUT2D eigenvalue weighted by molar-refractivity contribution is 14.0. The highest BCUT2D eigenvalue weighted by Crippen LogP contribution is 2.30. The van der Waals surface area contributed by atoms with Crippen LogP contribution in [0.15, 0.2) is 34.8 Å². The number of aliphatic imine (C=N–C) groups is 1. The Morgan fingerprint density at radius 3 is 2.86 bits per heavy atom. The normalized spacial score (nSPS) is 16.8. The molecule has 0 unspecified atom stereocenters. The highest BCUT2D eigenvalue weighted by atomic mass is 127. The molecule has 0 saturated heterocycles. The van der Waals surface area contributed by atoms with Gasteiger partial charge in [-0.3, -0.25) is 0 Å². The number of halogens is 1. The number of hydrogen-bond acceptors (Lipinski definition) is 3. The Balaban J connectivity index is 0.00000280. The molecule has 3 rings (SSSR count). The Kier molecular flexibility index (Phi) is 10.1. The van der Waals surface area contributed by atoms with Gasteiger partial charge in [-0.05, 0) is 57.1 Å². The molecule has 0 aromatic heterocycles. The molecular weight excluding hydrogens is 465 g/mol. The van der Waals surface area contributed by atoms with E-state index in [9.17, 15) is 0 Å². The summed E-state index contributed by atoms with van der Waals surface area (Å²) >= 11 is 0. The third-order valence-electron chi connectivity index (χ3n) is 4.94. The maximum Gasteiger partial charge on any atom is 0.191 e. The number of benzene rings is 1. The number of rotatable bonds is 9. The van der Waals surface area contributed by atoms with Gasteiger partial charge < -0.3 is 20.1 Å². The van der Waals surface area contributed by atoms with Gasteiger partial charge in [-0.2, -0.15) is 0 Å². The molecule has 0 amide bonds. The molecule has 156 valence electrons. The zero-order chi connectivity index (χ0) is 18.9. The van der Waals surface area contributed by atoms with Gasteiger partial charge in [0.15, 0.2) is 5.96 Å². The van der Waals surface area contributed by atoms with Gasteiger partial charge in [-0.1, -0.05) is 23.8 Å². The number of hydrogen-bond donors (Lipinski definition) is 2. The van der Waals surface area contributed by atoms with E-state index >= 15 is 0 Å². The van der Waals surface area contributed by atoms with Gasteiger partial charge in [0.2, 0.25) is 0 Å². The minimum absolute atomic E-state index is 0. The number of aryl methyl sites for hydroxylation is 1. The lowest BCUT2D eigenvalue weighted by Gasteiger charge is -2.16. The summed E-state index contributed by atoms with van der Waals surface area (Å²) in [5.41, 5.74) is 3.84. The van der Waals surface area contributed by atoms with Crippen molar-refractivity contribution in [2.75, 3.05) is 32.9 Å². The fourth-order valence-electron chi connectivity index (χ4n) is 3.06. The lowest BCUT2D eigenvalue weighted by atomic mass is 10.1. The van der Waals surface area contributed by atoms with Crippen LogP contribution >= 0.6 is 24.0 Å². The molecule has 0 radical (unpaired) electrons. The molecule has 28 heavy (non-hydrogen) atoms. The summed E-state index contributed by atoms with van der Waals surface area (Å²) in [5.74, 6) is 2.59. The Hall–Kier alpha value is -1.28. The van der Waals surface area contributed by atoms with Crippen molar-refractivity contribution in [2.24, 2.45) is 10.9 Å². The first-order chi connectivity index (χ1) is 13.2. The topological polar surface area (TPSA) is 54.9 Å². The lowest BCUT2D eigenvalue weighted by Crippen LogP contribution is -2.38. The van der Waals surface area contributed by atoms with Crippen molar-refractivity contribution in [3.8, 4) is 5.75 Å². The first-order valence-corrected chi connectivity index (χ1v) is 10.2. The van der Waals surface area contributed by atoms with E-state index < -0.39 is 0 Å². The smallest absolute Gasteiger partial charge is 0.191 e. The second-order valence-corrected chi connectivity index (χ2v) is 7.42. The number of nitrogens with zero attached hydrogens (tertiary/aromatic N) is 1. The van der Waals surface area contributed by atoms with E-state index in [1.807, 2.05) is 0 Å². The molecule has 1 aliphatic carbocycles. The summed E-state index contributed by atoms with van der Waals surface area (Å²) in [4.78, 5) is 4.77. The number of ether oxygens (including phenoxy) is 2. The predicted molar refractivity (Wildman–Crippen MR) is 126 cm³/mol. The molecule has 2 aliphatic rings. The third kappa shape index (κ3) is 7.99. The zero-order valence-electron chi connectivity index (χ0n) is 17.1. The van der Waals surface area contributed by atoms with Crippen molar-refractivity contribution >= 4 is 29.9 Å². The van der Waals surface area contributed by atoms with Gasteiger partial charge in [-0.15, -0.1) is 24.0 Å². The maximum atomic E-state index is 6.07. The molecule has 6 heteroatoms. The van der Waals surface area contributed by atoms with E-state index in [1.54, 1.807) is 0 Å². The van der Waals surface area contributed by atoms with Crippen LogP contribution in [0, 0.1) is 12.8 Å². The predicted octanol–water partition coefficient (Wildman–Crippen LogP) is 4.19. The van der Waals surface area contributed by atoms with Crippen LogP contribution in [0.3, 0.4) is 0 Å². The largest absolute Gasteiger partial charge is 0.493 e. The Labute approximate surface area is 186 Å². The molecule has 1 saturated carbocycles. The summed E-state index contributed by atoms with van der Waals surface area (Å²) in [7, 11) is 0. The van der Waals surface area contributed by atoms with Crippen LogP contribution in [0.2, 0.25) is 0 Å². The summed E-state index contributed by atoms with van der Waals surface area (Å²) in [6.07, 6.45) is 6.88. The Morgan fingerprint density at radius 2 is 2.14 bits per heavy atom. The van der Waals surface area contributed by atoms with E-state index in [4.69, 9.17) is 14.5 Å². The SMILES string of the molecule is CCNC(=NCc1ccc(C)cc1OCC1CC1)NCCC1=CCOCC1.I. The van der Waals surface area contributed by atoms with Gasteiger partial charge in [-0.25, -0.2) is 4.99 Å². The molecule has 0 spiro atoms. The second kappa shape index (κ2) is 12.3. The molecule has 1 heterocycles. The molecule has 5 nitrogen and oxygen atoms in total. The van der Waals surface area contributed by atoms with E-state index in [-0.39, 0.29) is 24.0 Å². The number of guanidine groups is 1. The molecule has 1 aromatic carbocycles. The first kappa shape index (κ1) is 23.0. The van der Waals surface area contributed by atoms with Crippen molar-refractivity contribution in [3.63, 3.8) is 0 Å². The second-order valence-electron chi connectivity index (χ2n) is 7.42. The lowest BCUT2D eigenvalue weighted by molar-refractivity contribution is 0.153. The van der Waals surface area contributed by atoms with E-state index in [0.29, 0.717) is 6.54 Å². The summed E-state index contributed by atoms with van der Waals surface area (Å²) in [6.45, 7) is 8.97. The van der Waals surface area contributed by atoms with E-state index in [2.05, 4.69) is 48.8 Å². The summed E-state index contributed by atoms with van der Waals surface area (Å²) < 4.78 is 11.4. The summed E-state index contributed by atoms with van der Waals surface area (Å²) in [5, 5.41) is 6.78. The monoisotopic (exact) mass is 499 g/mol. The van der Waals surface area contributed by atoms with Crippen molar-refractivity contribution in [1.82, 2.24) is 10.6 Å². The van der Waals surface area contributed by atoms with Crippen LogP contribution in [0.1, 0.15) is 43.7 Å². The minimum Gasteiger partial charge on any atom is -0.493 e. The summed E-state index contributed by atoms with van der Waals surface area (Å²) in [6, 6.07) is 6.40. The van der Waals surface area contributed by atoms with Crippen LogP contribution in [0.4, 0.5) is 0 Å². The van der Waals surface area contributed by atoms with Crippen LogP contribution in [-0.2, 0) is 11.3 Å². The minimum atomic E-state index is 0. The Bertz CT molecular complexity index is 672. The van der Waals surface area contributed by atoms with Crippen LogP contribution in [-0.4, -0.2) is 38.9 Å². The van der Waals surface area contributed by atoms with Gasteiger partial charge in [0.25, 0.3) is 0 Å². The molecule has 0 atom stereocenters. The first-order valence-electron chi connectivity index (χ1n) is 10.2. The standard InChI is InChI=1S/C22H33N3O2.HI/c1-3-23-22(24-11-8-18-9-12-26-13-10-18)25-15-20-7-4-17(2)14-21(20)27-16-19-5-6-19;/h4,7,9,14,19H,3,5-6,8,10-13,15-16H2,1-2H3,(H2,23,24,25);1H. The van der Waals surface area contributed by atoms with Crippen molar-refractivity contribution < 1.29 is 9.47 Å². The van der Waals surface area contributed by atoms with E-state index in [0.717, 1.165) is 68.9 Å². The average Bonchev–Trinajstić information content (AvgIpc) is 3.51. The van der Waals surface area contributed by atoms with Crippen molar-refractivity contribution in [3.05, 3.63) is 41.0 Å². The third-order valence-corrected chi connectivity index (χ3v) is 4.94.